The Morgan fingerprint density at radius 2 is 1.76 bits per heavy atom. The summed E-state index contributed by atoms with van der Waals surface area (Å²) in [6, 6.07) is 18.9. The quantitative estimate of drug-likeness (QED) is 0.517. The van der Waals surface area contributed by atoms with Gasteiger partial charge in [0.2, 0.25) is 11.8 Å². The number of ether oxygens (including phenoxy) is 1. The van der Waals surface area contributed by atoms with Crippen LogP contribution in [0, 0.1) is 6.92 Å². The number of hydrogen-bond donors (Lipinski definition) is 2. The number of likely N-dealkylation sites (tertiary alicyclic amines) is 1. The number of methoxy groups -OCH3 is 1. The van der Waals surface area contributed by atoms with Gasteiger partial charge >= 0.3 is 0 Å². The van der Waals surface area contributed by atoms with Crippen molar-refractivity contribution in [1.82, 2.24) is 15.1 Å². The summed E-state index contributed by atoms with van der Waals surface area (Å²) < 4.78 is 5.17. The molecule has 2 aliphatic rings. The van der Waals surface area contributed by atoms with Crippen LogP contribution in [-0.4, -0.2) is 72.6 Å². The van der Waals surface area contributed by atoms with Gasteiger partial charge in [-0.05, 0) is 62.1 Å². The van der Waals surface area contributed by atoms with Crippen LogP contribution < -0.4 is 11.1 Å². The van der Waals surface area contributed by atoms with Gasteiger partial charge in [-0.25, -0.2) is 0 Å². The Morgan fingerprint density at radius 3 is 2.46 bits per heavy atom. The van der Waals surface area contributed by atoms with E-state index < -0.39 is 6.04 Å². The molecule has 37 heavy (non-hydrogen) atoms. The molecule has 3 N–H and O–H groups in total. The lowest BCUT2D eigenvalue weighted by molar-refractivity contribution is -0.141. The number of hydrogen-bond acceptors (Lipinski definition) is 5. The Bertz CT molecular complexity index is 1020. The summed E-state index contributed by atoms with van der Waals surface area (Å²) in [7, 11) is 1.52. The summed E-state index contributed by atoms with van der Waals surface area (Å²) >= 11 is 0. The van der Waals surface area contributed by atoms with E-state index in [2.05, 4.69) is 65.7 Å². The number of carbonyl (C=O) groups is 2. The van der Waals surface area contributed by atoms with Crippen molar-refractivity contribution in [3.63, 3.8) is 0 Å². The number of rotatable bonds is 10. The van der Waals surface area contributed by atoms with Crippen LogP contribution in [0.1, 0.15) is 48.8 Å². The number of aryl methyl sites for hydroxylation is 1. The summed E-state index contributed by atoms with van der Waals surface area (Å²) in [5.41, 5.74) is 9.87. The van der Waals surface area contributed by atoms with Gasteiger partial charge in [0, 0.05) is 44.9 Å². The van der Waals surface area contributed by atoms with Gasteiger partial charge in [-0.3, -0.25) is 14.5 Å². The van der Waals surface area contributed by atoms with Crippen LogP contribution in [0.2, 0.25) is 0 Å². The molecule has 1 saturated carbocycles. The summed E-state index contributed by atoms with van der Waals surface area (Å²) in [5.74, 6) is -0.180. The molecule has 0 aromatic heterocycles. The molecule has 1 saturated heterocycles. The molecule has 0 radical (unpaired) electrons. The van der Waals surface area contributed by atoms with E-state index in [-0.39, 0.29) is 36.5 Å². The molecule has 2 atom stereocenters. The van der Waals surface area contributed by atoms with Crippen LogP contribution >= 0.6 is 0 Å². The van der Waals surface area contributed by atoms with Gasteiger partial charge in [-0.1, -0.05) is 54.6 Å². The van der Waals surface area contributed by atoms with E-state index in [9.17, 15) is 9.59 Å². The van der Waals surface area contributed by atoms with Crippen molar-refractivity contribution in [3.05, 3.63) is 71.3 Å². The fraction of sp³-hybridized carbons (Fsp3) is 0.533. The van der Waals surface area contributed by atoms with Crippen LogP contribution in [0.3, 0.4) is 0 Å². The second-order valence-electron chi connectivity index (χ2n) is 10.6. The molecule has 1 aliphatic carbocycles. The Morgan fingerprint density at radius 1 is 1.05 bits per heavy atom. The minimum atomic E-state index is -0.487. The maximum atomic E-state index is 13.5. The van der Waals surface area contributed by atoms with Crippen LogP contribution in [0.15, 0.2) is 54.6 Å². The standard InChI is InChI=1S/C30H42N4O3/c1-22-8-6-7-11-24(22)19-33(17-16-23-9-4-3-5-10-23)27-18-28(34(20-27)29(35)21-37-2)30(36)32-26-14-12-25(31)13-15-26/h3-11,25-28H,12-21,31H2,1-2H3,(H,32,36). The van der Waals surface area contributed by atoms with Gasteiger partial charge in [0.05, 0.1) is 0 Å². The molecular weight excluding hydrogens is 464 g/mol. The first-order chi connectivity index (χ1) is 17.9. The lowest BCUT2D eigenvalue weighted by Crippen LogP contribution is -2.50. The molecule has 4 rings (SSSR count). The normalized spacial score (nSPS) is 23.8. The average molecular weight is 507 g/mol. The Kier molecular flexibility index (Phi) is 9.72. The van der Waals surface area contributed by atoms with Gasteiger partial charge < -0.3 is 20.7 Å². The third kappa shape index (κ3) is 7.40. The minimum absolute atomic E-state index is 0.0173. The fourth-order valence-corrected chi connectivity index (χ4v) is 5.68. The van der Waals surface area contributed by atoms with Crippen molar-refractivity contribution in [1.29, 1.82) is 0 Å². The SMILES string of the molecule is COCC(=O)N1CC(N(CCc2ccccc2)Cc2ccccc2C)CC1C(=O)NC1CCC(N)CC1. The Labute approximate surface area is 221 Å². The van der Waals surface area contributed by atoms with Gasteiger partial charge in [-0.2, -0.15) is 0 Å². The first-order valence-electron chi connectivity index (χ1n) is 13.6. The fourth-order valence-electron chi connectivity index (χ4n) is 5.68. The van der Waals surface area contributed by atoms with E-state index in [1.807, 2.05) is 6.07 Å². The number of carbonyl (C=O) groups excluding carboxylic acids is 2. The minimum Gasteiger partial charge on any atom is -0.375 e. The zero-order valence-electron chi connectivity index (χ0n) is 22.3. The predicted molar refractivity (Wildman–Crippen MR) is 146 cm³/mol. The zero-order valence-corrected chi connectivity index (χ0v) is 22.3. The number of nitrogens with one attached hydrogen (secondary N) is 1. The smallest absolute Gasteiger partial charge is 0.249 e. The first kappa shape index (κ1) is 27.3. The van der Waals surface area contributed by atoms with Crippen molar-refractivity contribution in [2.45, 2.75) is 76.2 Å². The van der Waals surface area contributed by atoms with Crippen LogP contribution in [0.4, 0.5) is 0 Å². The van der Waals surface area contributed by atoms with E-state index in [4.69, 9.17) is 10.5 Å². The summed E-state index contributed by atoms with van der Waals surface area (Å²) in [6.07, 6.45) is 5.17. The number of amides is 2. The van der Waals surface area contributed by atoms with Crippen molar-refractivity contribution in [2.24, 2.45) is 5.73 Å². The van der Waals surface area contributed by atoms with Crippen molar-refractivity contribution >= 4 is 11.8 Å². The lowest BCUT2D eigenvalue weighted by atomic mass is 9.91. The molecule has 2 fully saturated rings. The third-order valence-electron chi connectivity index (χ3n) is 7.97. The van der Waals surface area contributed by atoms with E-state index in [0.29, 0.717) is 13.0 Å². The molecule has 2 unspecified atom stereocenters. The average Bonchev–Trinajstić information content (AvgIpc) is 3.35. The maximum absolute atomic E-state index is 13.5. The molecule has 2 amide bonds. The number of nitrogens with two attached hydrogens (primary N) is 1. The van der Waals surface area contributed by atoms with E-state index in [1.54, 1.807) is 4.90 Å². The molecule has 2 aromatic carbocycles. The predicted octanol–water partition coefficient (Wildman–Crippen LogP) is 3.04. The highest BCUT2D eigenvalue weighted by Crippen LogP contribution is 2.26. The largest absolute Gasteiger partial charge is 0.375 e. The molecule has 1 heterocycles. The number of benzene rings is 2. The summed E-state index contributed by atoms with van der Waals surface area (Å²) in [6.45, 7) is 4.28. The van der Waals surface area contributed by atoms with Crippen LogP contribution in [0.5, 0.6) is 0 Å². The van der Waals surface area contributed by atoms with Crippen molar-refractivity contribution in [3.8, 4) is 0 Å². The molecular formula is C30H42N4O3. The molecule has 0 bridgehead atoms. The van der Waals surface area contributed by atoms with Gasteiger partial charge in [0.25, 0.3) is 0 Å². The number of nitrogens with zero attached hydrogens (tertiary/aromatic N) is 2. The van der Waals surface area contributed by atoms with Gasteiger partial charge in [0.15, 0.2) is 0 Å². The van der Waals surface area contributed by atoms with Crippen LogP contribution in [0.25, 0.3) is 0 Å². The molecule has 1 aliphatic heterocycles. The van der Waals surface area contributed by atoms with Crippen molar-refractivity contribution in [2.75, 3.05) is 26.8 Å². The summed E-state index contributed by atoms with van der Waals surface area (Å²) in [5, 5.41) is 3.24. The molecule has 0 spiro atoms. The highest BCUT2D eigenvalue weighted by atomic mass is 16.5. The highest BCUT2D eigenvalue weighted by molar-refractivity contribution is 5.89. The van der Waals surface area contributed by atoms with E-state index in [1.165, 1.54) is 23.8 Å². The van der Waals surface area contributed by atoms with Crippen molar-refractivity contribution < 1.29 is 14.3 Å². The highest BCUT2D eigenvalue weighted by Gasteiger charge is 2.42. The molecule has 7 heteroatoms. The molecule has 2 aromatic rings. The second kappa shape index (κ2) is 13.2. The van der Waals surface area contributed by atoms with Crippen LogP contribution in [-0.2, 0) is 27.3 Å². The Balaban J connectivity index is 1.51. The topological polar surface area (TPSA) is 87.9 Å². The summed E-state index contributed by atoms with van der Waals surface area (Å²) in [4.78, 5) is 30.7. The zero-order chi connectivity index (χ0) is 26.2. The molecule has 200 valence electrons. The van der Waals surface area contributed by atoms with Gasteiger partial charge in [0.1, 0.15) is 12.6 Å². The third-order valence-corrected chi connectivity index (χ3v) is 7.97. The second-order valence-corrected chi connectivity index (χ2v) is 10.6. The Hall–Kier alpha value is -2.74. The maximum Gasteiger partial charge on any atom is 0.249 e. The first-order valence-corrected chi connectivity index (χ1v) is 13.6. The lowest BCUT2D eigenvalue weighted by Gasteiger charge is -2.30. The van der Waals surface area contributed by atoms with E-state index >= 15 is 0 Å². The van der Waals surface area contributed by atoms with E-state index in [0.717, 1.165) is 45.2 Å². The molecule has 7 nitrogen and oxygen atoms in total. The van der Waals surface area contributed by atoms with Gasteiger partial charge in [-0.15, -0.1) is 0 Å². The monoisotopic (exact) mass is 506 g/mol.